The fraction of sp³-hybridized carbons (Fsp3) is 0.909. The van der Waals surface area contributed by atoms with E-state index in [1.54, 1.807) is 26.2 Å². The summed E-state index contributed by atoms with van der Waals surface area (Å²) < 4.78 is 58.4. The Morgan fingerprint density at radius 2 is 0.507 bits per heavy atom. The van der Waals surface area contributed by atoms with Crippen molar-refractivity contribution < 1.29 is 72.4 Å². The first kappa shape index (κ1) is 72.4. The van der Waals surface area contributed by atoms with Gasteiger partial charge in [-0.15, -0.1) is 0 Å². The van der Waals surface area contributed by atoms with Crippen LogP contribution in [0.3, 0.4) is 0 Å². The van der Waals surface area contributed by atoms with Crippen LogP contribution >= 0.6 is 0 Å². The van der Waals surface area contributed by atoms with Crippen molar-refractivity contribution in [3.8, 4) is 0 Å². The van der Waals surface area contributed by atoms with Crippen LogP contribution in [0.25, 0.3) is 0 Å². The summed E-state index contributed by atoms with van der Waals surface area (Å²) in [7, 11) is -20.5. The van der Waals surface area contributed by atoms with Crippen LogP contribution in [0.5, 0.6) is 0 Å². The van der Waals surface area contributed by atoms with Crippen molar-refractivity contribution in [2.24, 2.45) is 0 Å². The second-order valence-corrected chi connectivity index (χ2v) is 58.6. The fourth-order valence-corrected chi connectivity index (χ4v) is 46.8. The smallest absolute Gasteiger partial charge is 0.320 e. The number of rotatable bonds is 44. The molecule has 0 aliphatic rings. The molecule has 0 radical (unpaired) electrons. The van der Waals surface area contributed by atoms with Crippen LogP contribution in [-0.2, 0) is 62.8 Å². The molecule has 29 heteroatoms. The highest BCUT2D eigenvalue weighted by Crippen LogP contribution is 2.27. The molecule has 0 aromatic heterocycles. The number of hydrogen-bond donors (Lipinski definition) is 6. The molecule has 0 fully saturated rings. The maximum atomic E-state index is 12.2. The predicted octanol–water partition coefficient (Wildman–Crippen LogP) is 6.97. The topological polar surface area (TPSA) is 249 Å². The summed E-state index contributed by atoms with van der Waals surface area (Å²) in [5.74, 6) is -1.74. The van der Waals surface area contributed by atoms with Crippen LogP contribution in [0, 0.1) is 0 Å². The number of esters is 4. The molecular weight excluding hydrogens is 1090 g/mol. The molecule has 0 amide bonds. The van der Waals surface area contributed by atoms with E-state index in [0.717, 1.165) is 76.0 Å². The quantitative estimate of drug-likeness (QED) is 0.0156. The summed E-state index contributed by atoms with van der Waals surface area (Å²) in [6, 6.07) is 3.74. The molecule has 0 aliphatic heterocycles. The zero-order chi connectivity index (χ0) is 56.3. The minimum Gasteiger partial charge on any atom is -0.437 e. The molecule has 0 aromatic carbocycles. The van der Waals surface area contributed by atoms with Crippen LogP contribution in [0.4, 0.5) is 0 Å². The maximum Gasteiger partial charge on any atom is 0.320 e. The minimum absolute atomic E-state index is 0.170. The monoisotopic (exact) mass is 1200 g/mol. The Kier molecular flexibility index (Phi) is 34.1. The molecule has 20 nitrogen and oxygen atoms in total. The largest absolute Gasteiger partial charge is 0.437 e. The molecular formula is C44H104N4O16Si9. The van der Waals surface area contributed by atoms with Gasteiger partial charge in [0.2, 0.25) is 13.6 Å². The predicted molar refractivity (Wildman–Crippen MR) is 310 cm³/mol. The van der Waals surface area contributed by atoms with E-state index in [1.807, 2.05) is 26.2 Å². The summed E-state index contributed by atoms with van der Waals surface area (Å²) in [4.78, 5) is 68.9. The van der Waals surface area contributed by atoms with Crippen molar-refractivity contribution in [1.82, 2.24) is 21.3 Å². The van der Waals surface area contributed by atoms with Crippen molar-refractivity contribution >= 4 is 100.0 Å². The lowest BCUT2D eigenvalue weighted by Gasteiger charge is -2.39. The molecule has 0 aromatic rings. The van der Waals surface area contributed by atoms with Crippen molar-refractivity contribution in [2.75, 3.05) is 65.9 Å². The van der Waals surface area contributed by atoms with Gasteiger partial charge in [0.25, 0.3) is 0 Å². The normalized spacial score (nSPS) is 13.5. The molecule has 0 unspecified atom stereocenters. The van der Waals surface area contributed by atoms with Gasteiger partial charge in [0.1, 0.15) is 0 Å². The van der Waals surface area contributed by atoms with Gasteiger partial charge in [-0.1, -0.05) is 0 Å². The van der Waals surface area contributed by atoms with E-state index in [1.165, 1.54) is 0 Å². The van der Waals surface area contributed by atoms with Crippen molar-refractivity contribution in [2.45, 2.75) is 193 Å². The van der Waals surface area contributed by atoms with Gasteiger partial charge in [-0.3, -0.25) is 19.2 Å². The average Bonchev–Trinajstić information content (AvgIpc) is 3.16. The highest BCUT2D eigenvalue weighted by Gasteiger charge is 2.41. The van der Waals surface area contributed by atoms with Crippen LogP contribution in [-0.4, -0.2) is 175 Å². The lowest BCUT2D eigenvalue weighted by molar-refractivity contribution is -0.168. The molecule has 6 N–H and O–H groups in total. The van der Waals surface area contributed by atoms with Gasteiger partial charge < -0.3 is 74.5 Å². The molecule has 0 rings (SSSR count). The van der Waals surface area contributed by atoms with E-state index >= 15 is 0 Å². The van der Waals surface area contributed by atoms with Gasteiger partial charge in [-0.25, -0.2) is 0 Å². The summed E-state index contributed by atoms with van der Waals surface area (Å²) in [6.07, 6.45) is 4.29. The van der Waals surface area contributed by atoms with Gasteiger partial charge >= 0.3 is 66.7 Å². The molecule has 0 saturated carbocycles. The number of nitrogens with one attached hydrogen (secondary N) is 4. The Morgan fingerprint density at radius 3 is 0.699 bits per heavy atom. The van der Waals surface area contributed by atoms with E-state index < -0.39 is 114 Å². The molecule has 73 heavy (non-hydrogen) atoms. The Balaban J connectivity index is 4.09. The number of hydrogen-bond acceptors (Lipinski definition) is 20. The van der Waals surface area contributed by atoms with Gasteiger partial charge in [-0.05, 0) is 194 Å². The van der Waals surface area contributed by atoms with Crippen molar-refractivity contribution in [3.63, 3.8) is 0 Å². The summed E-state index contributed by atoms with van der Waals surface area (Å²) in [5.41, 5.74) is 0. The second kappa shape index (κ2) is 34.4. The van der Waals surface area contributed by atoms with Crippen LogP contribution in [0.2, 0.25) is 142 Å². The standard InChI is InChI=1S/C44H104N4O16Si9/c1-65(2,35-19-27-45-31-23-41(49)55-39-57-43(51)25-33-47-29-21-37-67(5,6)61-72(15,16)63-69(9,10)53)59-71(13,14)60-66(3,4)36-20-28-46-32-24-42(50)56-40-58-44(52)26-34-48-30-22-38-68(7,8)62-73(17,18)64-70(11,12)54/h45-48,53-54H,19-40H2,1-18H3. The molecule has 0 saturated heterocycles. The number of ether oxygens (including phenoxy) is 4. The third-order valence-corrected chi connectivity index (χ3v) is 41.4. The average molecular weight is 1200 g/mol. The van der Waals surface area contributed by atoms with Gasteiger partial charge in [0, 0.05) is 26.2 Å². The van der Waals surface area contributed by atoms with Crippen molar-refractivity contribution in [3.05, 3.63) is 0 Å². The van der Waals surface area contributed by atoms with E-state index in [-0.39, 0.29) is 25.7 Å². The lowest BCUT2D eigenvalue weighted by Crippen LogP contribution is -2.52. The van der Waals surface area contributed by atoms with Gasteiger partial charge in [0.05, 0.1) is 25.7 Å². The first-order chi connectivity index (χ1) is 33.2. The van der Waals surface area contributed by atoms with Crippen molar-refractivity contribution in [1.29, 1.82) is 0 Å². The molecule has 432 valence electrons. The number of carbonyl (C=O) groups is 4. The Morgan fingerprint density at radius 1 is 0.315 bits per heavy atom. The first-order valence-electron chi connectivity index (χ1n) is 26.3. The fourth-order valence-electron chi connectivity index (χ4n) is 8.56. The van der Waals surface area contributed by atoms with E-state index in [4.69, 9.17) is 43.6 Å². The van der Waals surface area contributed by atoms with Gasteiger partial charge in [-0.2, -0.15) is 0 Å². The molecule has 0 heterocycles. The maximum absolute atomic E-state index is 12.2. The van der Waals surface area contributed by atoms with Crippen LogP contribution in [0.1, 0.15) is 51.4 Å². The third kappa shape index (κ3) is 45.0. The zero-order valence-electron chi connectivity index (χ0n) is 48.7. The van der Waals surface area contributed by atoms with E-state index in [0.29, 0.717) is 26.2 Å². The molecule has 0 spiro atoms. The Labute approximate surface area is 450 Å². The molecule has 0 atom stereocenters. The van der Waals surface area contributed by atoms with E-state index in [2.05, 4.69) is 86.7 Å². The highest BCUT2D eigenvalue weighted by molar-refractivity contribution is 6.88. The minimum atomic E-state index is -2.66. The lowest BCUT2D eigenvalue weighted by atomic mass is 10.4. The summed E-state index contributed by atoms with van der Waals surface area (Å²) in [5, 5.41) is 13.1. The number of carbonyl (C=O) groups excluding carboxylic acids is 4. The second-order valence-electron chi connectivity index (χ2n) is 23.5. The van der Waals surface area contributed by atoms with Gasteiger partial charge in [0.15, 0.2) is 33.3 Å². The zero-order valence-corrected chi connectivity index (χ0v) is 57.7. The van der Waals surface area contributed by atoms with E-state index in [9.17, 15) is 28.8 Å². The van der Waals surface area contributed by atoms with Crippen LogP contribution in [0.15, 0.2) is 0 Å². The summed E-state index contributed by atoms with van der Waals surface area (Å²) in [6.45, 7) is 40.7. The summed E-state index contributed by atoms with van der Waals surface area (Å²) >= 11 is 0. The molecule has 0 bridgehead atoms. The molecule has 0 aliphatic carbocycles. The SMILES string of the molecule is C[Si](C)(O)O[Si](C)(C)O[Si](C)(C)CCCNCCC(=O)OCOC(=O)CCNCCC[Si](C)(C)O[Si](C)(C)O[Si](C)(C)CCCNCCC(=O)OCOC(=O)CCNCCC[Si](C)(C)O[Si](C)(C)O[Si](C)(C)O. The third-order valence-electron chi connectivity index (χ3n) is 10.5. The Hall–Kier alpha value is -0.648. The highest BCUT2D eigenvalue weighted by atomic mass is 28.5. The first-order valence-corrected chi connectivity index (χ1v) is 53.0. The Bertz CT molecular complexity index is 1490. The van der Waals surface area contributed by atoms with Crippen LogP contribution < -0.4 is 21.3 Å².